The van der Waals surface area contributed by atoms with Crippen molar-refractivity contribution in [1.82, 2.24) is 20.2 Å². The Kier molecular flexibility index (Phi) is 5.68. The molecule has 0 aliphatic carbocycles. The maximum atomic E-state index is 11.9. The highest BCUT2D eigenvalue weighted by atomic mass is 32.1. The van der Waals surface area contributed by atoms with Crippen LogP contribution in [0.1, 0.15) is 35.1 Å². The number of aryl methyl sites for hydroxylation is 1. The normalized spacial score (nSPS) is 16.5. The predicted octanol–water partition coefficient (Wildman–Crippen LogP) is 0.599. The molecule has 1 fully saturated rings. The summed E-state index contributed by atoms with van der Waals surface area (Å²) in [5.74, 6) is -0.0965. The number of nitrogens with zero attached hydrogens (tertiary/aromatic N) is 2. The molecule has 0 bridgehead atoms. The van der Waals surface area contributed by atoms with Crippen molar-refractivity contribution < 1.29 is 9.53 Å². The number of amides is 1. The molecule has 1 amide bonds. The van der Waals surface area contributed by atoms with Gasteiger partial charge in [0.05, 0.1) is 18.4 Å². The summed E-state index contributed by atoms with van der Waals surface area (Å²) < 4.78 is 9.53. The van der Waals surface area contributed by atoms with Crippen molar-refractivity contribution >= 4 is 17.4 Å². The van der Waals surface area contributed by atoms with Crippen LogP contribution in [0.3, 0.4) is 0 Å². The highest BCUT2D eigenvalue weighted by Crippen LogP contribution is 2.10. The number of rotatable bonds is 6. The van der Waals surface area contributed by atoms with Crippen LogP contribution < -0.4 is 10.6 Å². The lowest BCUT2D eigenvalue weighted by atomic mass is 10.1. The third-order valence-corrected chi connectivity index (χ3v) is 3.89. The molecule has 2 N–H and O–H groups in total. The van der Waals surface area contributed by atoms with Crippen LogP contribution in [0.4, 0.5) is 0 Å². The van der Waals surface area contributed by atoms with Gasteiger partial charge in [0.15, 0.2) is 0 Å². The highest BCUT2D eigenvalue weighted by Gasteiger charge is 2.15. The minimum Gasteiger partial charge on any atom is -0.376 e. The van der Waals surface area contributed by atoms with Gasteiger partial charge in [-0.2, -0.15) is 0 Å². The third kappa shape index (κ3) is 4.22. The van der Waals surface area contributed by atoms with Crippen LogP contribution in [-0.2, 0) is 11.2 Å². The molecule has 19 heavy (non-hydrogen) atoms. The summed E-state index contributed by atoms with van der Waals surface area (Å²) in [5, 5.41) is 10.1. The van der Waals surface area contributed by atoms with E-state index >= 15 is 0 Å². The molecule has 0 saturated carbocycles. The lowest BCUT2D eigenvalue weighted by Gasteiger charge is -2.22. The van der Waals surface area contributed by atoms with E-state index in [4.69, 9.17) is 4.74 Å². The number of piperidine rings is 1. The van der Waals surface area contributed by atoms with E-state index in [0.717, 1.165) is 49.6 Å². The van der Waals surface area contributed by atoms with Gasteiger partial charge in [0, 0.05) is 6.54 Å². The molecule has 0 unspecified atom stereocenters. The minimum absolute atomic E-state index is 0.0965. The van der Waals surface area contributed by atoms with E-state index in [2.05, 4.69) is 20.2 Å². The molecule has 6 nitrogen and oxygen atoms in total. The molecule has 106 valence electrons. The molecule has 0 atom stereocenters. The van der Waals surface area contributed by atoms with Crippen molar-refractivity contribution in [2.45, 2.75) is 32.3 Å². The first-order chi connectivity index (χ1) is 9.31. The van der Waals surface area contributed by atoms with Gasteiger partial charge in [-0.1, -0.05) is 11.4 Å². The summed E-state index contributed by atoms with van der Waals surface area (Å²) in [7, 11) is 0. The lowest BCUT2D eigenvalue weighted by molar-refractivity contribution is 0.0343. The van der Waals surface area contributed by atoms with E-state index in [0.29, 0.717) is 24.1 Å². The Bertz CT molecular complexity index is 404. The first-order valence-electron chi connectivity index (χ1n) is 6.73. The predicted molar refractivity (Wildman–Crippen MR) is 73.5 cm³/mol. The number of carbonyl (C=O) groups excluding carboxylic acids is 1. The Labute approximate surface area is 117 Å². The summed E-state index contributed by atoms with van der Waals surface area (Å²) in [6.45, 7) is 5.09. The summed E-state index contributed by atoms with van der Waals surface area (Å²) in [6.07, 6.45) is 3.15. The van der Waals surface area contributed by atoms with E-state index in [-0.39, 0.29) is 5.91 Å². The van der Waals surface area contributed by atoms with E-state index in [1.807, 2.05) is 6.92 Å². The summed E-state index contributed by atoms with van der Waals surface area (Å²) >= 11 is 1.15. The zero-order chi connectivity index (χ0) is 13.5. The van der Waals surface area contributed by atoms with Crippen LogP contribution in [0.2, 0.25) is 0 Å². The fourth-order valence-electron chi connectivity index (χ4n) is 2.04. The molecular formula is C12H20N4O2S. The molecule has 1 aliphatic heterocycles. The van der Waals surface area contributed by atoms with Crippen LogP contribution in [0, 0.1) is 0 Å². The fraction of sp³-hybridized carbons (Fsp3) is 0.750. The van der Waals surface area contributed by atoms with Crippen LogP contribution in [0.25, 0.3) is 0 Å². The van der Waals surface area contributed by atoms with Crippen LogP contribution >= 0.6 is 11.5 Å². The molecule has 1 aliphatic rings. The molecule has 0 aromatic carbocycles. The van der Waals surface area contributed by atoms with Crippen molar-refractivity contribution in [2.75, 3.05) is 26.2 Å². The van der Waals surface area contributed by atoms with Crippen molar-refractivity contribution in [3.05, 3.63) is 10.6 Å². The second kappa shape index (κ2) is 7.52. The molecule has 2 heterocycles. The molecule has 7 heteroatoms. The average Bonchev–Trinajstić information content (AvgIpc) is 2.93. The monoisotopic (exact) mass is 284 g/mol. The Balaban J connectivity index is 1.66. The van der Waals surface area contributed by atoms with E-state index in [1.54, 1.807) is 0 Å². The molecule has 1 aromatic rings. The largest absolute Gasteiger partial charge is 0.376 e. The first kappa shape index (κ1) is 14.4. The minimum atomic E-state index is -0.0965. The van der Waals surface area contributed by atoms with Gasteiger partial charge in [-0.25, -0.2) is 0 Å². The van der Waals surface area contributed by atoms with Gasteiger partial charge in [-0.3, -0.25) is 4.79 Å². The van der Waals surface area contributed by atoms with Gasteiger partial charge in [0.2, 0.25) is 0 Å². The summed E-state index contributed by atoms with van der Waals surface area (Å²) in [4.78, 5) is 12.5. The van der Waals surface area contributed by atoms with E-state index < -0.39 is 0 Å². The smallest absolute Gasteiger partial charge is 0.265 e. The molecular weight excluding hydrogens is 264 g/mol. The van der Waals surface area contributed by atoms with Gasteiger partial charge in [-0.05, 0) is 43.9 Å². The summed E-state index contributed by atoms with van der Waals surface area (Å²) in [5.41, 5.74) is 0.766. The number of hydrogen-bond donors (Lipinski definition) is 2. The number of carbonyl (C=O) groups is 1. The Hall–Kier alpha value is -1.05. The highest BCUT2D eigenvalue weighted by molar-refractivity contribution is 7.08. The standard InChI is InChI=1S/C12H20N4O2S/c1-2-10-11(19-16-15-10)12(17)14-7-8-18-9-3-5-13-6-4-9/h9,13H,2-8H2,1H3,(H,14,17). The van der Waals surface area contributed by atoms with Gasteiger partial charge in [0.1, 0.15) is 4.88 Å². The van der Waals surface area contributed by atoms with Gasteiger partial charge in [0.25, 0.3) is 5.91 Å². The number of hydrogen-bond acceptors (Lipinski definition) is 6. The Morgan fingerprint density at radius 2 is 2.32 bits per heavy atom. The molecule has 2 rings (SSSR count). The number of ether oxygens (including phenoxy) is 1. The van der Waals surface area contributed by atoms with Crippen molar-refractivity contribution in [2.24, 2.45) is 0 Å². The average molecular weight is 284 g/mol. The summed E-state index contributed by atoms with van der Waals surface area (Å²) in [6, 6.07) is 0. The molecule has 0 radical (unpaired) electrons. The molecule has 1 aromatic heterocycles. The topological polar surface area (TPSA) is 76.1 Å². The fourth-order valence-corrected chi connectivity index (χ4v) is 2.71. The zero-order valence-electron chi connectivity index (χ0n) is 11.1. The quantitative estimate of drug-likeness (QED) is 0.748. The second-order valence-corrected chi connectivity index (χ2v) is 5.23. The van der Waals surface area contributed by atoms with Crippen LogP contribution in [0.15, 0.2) is 0 Å². The second-order valence-electron chi connectivity index (χ2n) is 4.48. The number of nitrogens with one attached hydrogen (secondary N) is 2. The lowest BCUT2D eigenvalue weighted by Crippen LogP contribution is -2.34. The van der Waals surface area contributed by atoms with Gasteiger partial charge >= 0.3 is 0 Å². The van der Waals surface area contributed by atoms with Crippen molar-refractivity contribution in [3.8, 4) is 0 Å². The van der Waals surface area contributed by atoms with E-state index in [9.17, 15) is 4.79 Å². The van der Waals surface area contributed by atoms with Crippen molar-refractivity contribution in [3.63, 3.8) is 0 Å². The van der Waals surface area contributed by atoms with E-state index in [1.165, 1.54) is 0 Å². The Morgan fingerprint density at radius 1 is 1.53 bits per heavy atom. The number of aromatic nitrogens is 2. The SMILES string of the molecule is CCc1nnsc1C(=O)NCCOC1CCNCC1. The maximum absolute atomic E-state index is 11.9. The molecule has 0 spiro atoms. The van der Waals surface area contributed by atoms with Crippen LogP contribution in [-0.4, -0.2) is 47.8 Å². The van der Waals surface area contributed by atoms with Crippen molar-refractivity contribution in [1.29, 1.82) is 0 Å². The molecule has 1 saturated heterocycles. The van der Waals surface area contributed by atoms with Gasteiger partial charge < -0.3 is 15.4 Å². The zero-order valence-corrected chi connectivity index (χ0v) is 12.0. The maximum Gasteiger partial charge on any atom is 0.265 e. The third-order valence-electron chi connectivity index (χ3n) is 3.12. The Morgan fingerprint density at radius 3 is 3.05 bits per heavy atom. The first-order valence-corrected chi connectivity index (χ1v) is 7.50. The van der Waals surface area contributed by atoms with Gasteiger partial charge in [-0.15, -0.1) is 5.10 Å². The van der Waals surface area contributed by atoms with Crippen LogP contribution in [0.5, 0.6) is 0 Å².